The summed E-state index contributed by atoms with van der Waals surface area (Å²) in [5, 5.41) is 10.6. The van der Waals surface area contributed by atoms with E-state index in [2.05, 4.69) is 65.8 Å². The van der Waals surface area contributed by atoms with Crippen LogP contribution in [0.3, 0.4) is 0 Å². The van der Waals surface area contributed by atoms with Crippen LogP contribution in [0, 0.1) is 11.8 Å². The van der Waals surface area contributed by atoms with Crippen molar-refractivity contribution in [1.29, 1.82) is 0 Å². The maximum atomic E-state index is 13.0. The summed E-state index contributed by atoms with van der Waals surface area (Å²) < 4.78 is 68.2. The van der Waals surface area contributed by atoms with E-state index in [0.717, 1.165) is 121 Å². The van der Waals surface area contributed by atoms with Crippen LogP contribution in [0.1, 0.15) is 324 Å². The highest BCUT2D eigenvalue weighted by Crippen LogP contribution is 2.45. The molecule has 0 rings (SSSR count). The highest BCUT2D eigenvalue weighted by Gasteiger charge is 2.30. The maximum absolute atomic E-state index is 13.0. The van der Waals surface area contributed by atoms with Crippen LogP contribution in [-0.2, 0) is 65.4 Å². The van der Waals surface area contributed by atoms with Crippen molar-refractivity contribution in [2.45, 2.75) is 342 Å². The van der Waals surface area contributed by atoms with E-state index in [4.69, 9.17) is 37.0 Å². The lowest BCUT2D eigenvalue weighted by Gasteiger charge is -2.21. The van der Waals surface area contributed by atoms with Crippen molar-refractivity contribution in [3.05, 3.63) is 24.3 Å². The number of aliphatic hydroxyl groups is 1. The number of rotatable bonds is 66. The fourth-order valence-corrected chi connectivity index (χ4v) is 11.4. The molecule has 0 aliphatic heterocycles. The fourth-order valence-electron chi connectivity index (χ4n) is 9.81. The van der Waals surface area contributed by atoms with Crippen molar-refractivity contribution in [1.82, 2.24) is 0 Å². The second-order valence-corrected chi connectivity index (χ2v) is 27.6. The largest absolute Gasteiger partial charge is 0.472 e. The Morgan fingerprint density at radius 3 is 0.966 bits per heavy atom. The van der Waals surface area contributed by atoms with E-state index in [0.29, 0.717) is 25.7 Å². The molecule has 0 amide bonds. The first-order valence-corrected chi connectivity index (χ1v) is 38.4. The number of hydrogen-bond donors (Lipinski definition) is 3. The molecule has 0 saturated carbocycles. The van der Waals surface area contributed by atoms with Crippen molar-refractivity contribution in [3.63, 3.8) is 0 Å². The zero-order valence-corrected chi connectivity index (χ0v) is 58.3. The zero-order valence-electron chi connectivity index (χ0n) is 56.5. The van der Waals surface area contributed by atoms with Gasteiger partial charge in [0.15, 0.2) is 12.2 Å². The normalized spacial score (nSPS) is 15.0. The summed E-state index contributed by atoms with van der Waals surface area (Å²) >= 11 is 0. The van der Waals surface area contributed by atoms with Crippen LogP contribution in [0.15, 0.2) is 24.3 Å². The summed E-state index contributed by atoms with van der Waals surface area (Å²) in [6, 6.07) is 0. The Labute approximate surface area is 535 Å². The monoisotopic (exact) mass is 1290 g/mol. The summed E-state index contributed by atoms with van der Waals surface area (Å²) in [4.78, 5) is 72.4. The van der Waals surface area contributed by atoms with E-state index in [9.17, 15) is 43.2 Å². The molecule has 0 aliphatic carbocycles. The lowest BCUT2D eigenvalue weighted by Crippen LogP contribution is -2.30. The molecular weight excluding hydrogens is 1160 g/mol. The number of phosphoric ester groups is 2. The molecule has 0 aliphatic rings. The number of allylic oxidation sites excluding steroid dienone is 4. The van der Waals surface area contributed by atoms with Gasteiger partial charge in [0, 0.05) is 25.7 Å². The third kappa shape index (κ3) is 59.8. The number of phosphoric acid groups is 2. The molecule has 88 heavy (non-hydrogen) atoms. The molecule has 19 heteroatoms. The van der Waals surface area contributed by atoms with Crippen LogP contribution in [0.2, 0.25) is 0 Å². The molecule has 0 aromatic carbocycles. The lowest BCUT2D eigenvalue weighted by atomic mass is 10.00. The van der Waals surface area contributed by atoms with Gasteiger partial charge < -0.3 is 33.8 Å². The molecule has 0 heterocycles. The van der Waals surface area contributed by atoms with E-state index in [1.165, 1.54) is 122 Å². The molecule has 0 fully saturated rings. The molecule has 0 bridgehead atoms. The minimum absolute atomic E-state index is 0.0849. The summed E-state index contributed by atoms with van der Waals surface area (Å²) in [7, 11) is -9.91. The molecular formula is C69H130O17P2. The maximum Gasteiger partial charge on any atom is 0.472 e. The number of esters is 4. The standard InChI is InChI=1S/C69H130O17P2/c1-7-11-13-15-17-19-21-23-24-26-28-30-32-41-47-53-68(73)85-64(57-79-66(71)51-45-39-31-29-27-25-22-20-18-16-14-12-8-2)59-83-87(75,76)81-55-63(70)56-82-88(77,78)84-60-65(86-69(74)54-48-42-36-34-38-44-50-62(6)10-4)58-80-67(72)52-46-40-35-33-37-43-49-61(5)9-3/h19,21,23-24,61-65,70H,7-18,20,22,25-60H2,1-6H3,(H,75,76)(H,77,78)/b21-19-,24-23-/t61?,62?,63-,64-,65-/m1/s1. The van der Waals surface area contributed by atoms with Crippen molar-refractivity contribution in [3.8, 4) is 0 Å². The Balaban J connectivity index is 5.29. The molecule has 518 valence electrons. The van der Waals surface area contributed by atoms with Gasteiger partial charge in [-0.3, -0.25) is 37.3 Å². The van der Waals surface area contributed by atoms with Gasteiger partial charge in [-0.15, -0.1) is 0 Å². The molecule has 0 aromatic heterocycles. The number of carbonyl (C=O) groups is 4. The lowest BCUT2D eigenvalue weighted by molar-refractivity contribution is -0.161. The quantitative estimate of drug-likeness (QED) is 0.0169. The smallest absolute Gasteiger partial charge is 0.462 e. The van der Waals surface area contributed by atoms with Crippen LogP contribution in [0.4, 0.5) is 0 Å². The average Bonchev–Trinajstić information content (AvgIpc) is 3.67. The molecule has 7 atom stereocenters. The molecule has 0 saturated heterocycles. The predicted octanol–water partition coefficient (Wildman–Crippen LogP) is 19.2. The fraction of sp³-hybridized carbons (Fsp3) is 0.884. The van der Waals surface area contributed by atoms with E-state index in [1.807, 2.05) is 0 Å². The van der Waals surface area contributed by atoms with Gasteiger partial charge in [-0.25, -0.2) is 9.13 Å². The zero-order chi connectivity index (χ0) is 65.0. The molecule has 0 spiro atoms. The van der Waals surface area contributed by atoms with Crippen molar-refractivity contribution in [2.24, 2.45) is 11.8 Å². The van der Waals surface area contributed by atoms with Gasteiger partial charge in [-0.2, -0.15) is 0 Å². The Hall–Kier alpha value is -2.46. The van der Waals surface area contributed by atoms with E-state index in [-0.39, 0.29) is 25.7 Å². The van der Waals surface area contributed by atoms with Gasteiger partial charge in [-0.05, 0) is 63.2 Å². The highest BCUT2D eigenvalue weighted by atomic mass is 31.2. The SMILES string of the molecule is CCCCCC/C=C\C=C/CCCCCCCC(=O)O[C@H](COC(=O)CCCCCCCCCCCCCCC)COP(=O)(O)OC[C@@H](O)COP(=O)(O)OC[C@@H](COC(=O)CCCCCCCCC(C)CC)OC(=O)CCCCCCCCC(C)CC. The predicted molar refractivity (Wildman–Crippen MR) is 354 cm³/mol. The van der Waals surface area contributed by atoms with Crippen LogP contribution in [0.5, 0.6) is 0 Å². The number of unbranched alkanes of at least 4 members (excludes halogenated alkanes) is 31. The molecule has 0 aromatic rings. The van der Waals surface area contributed by atoms with Gasteiger partial charge in [0.25, 0.3) is 0 Å². The van der Waals surface area contributed by atoms with E-state index < -0.39 is 97.5 Å². The van der Waals surface area contributed by atoms with E-state index in [1.54, 1.807) is 0 Å². The van der Waals surface area contributed by atoms with Crippen LogP contribution < -0.4 is 0 Å². The van der Waals surface area contributed by atoms with Crippen LogP contribution in [-0.4, -0.2) is 96.7 Å². The van der Waals surface area contributed by atoms with Crippen LogP contribution >= 0.6 is 15.6 Å². The molecule has 3 N–H and O–H groups in total. The minimum atomic E-state index is -4.96. The van der Waals surface area contributed by atoms with Gasteiger partial charge in [0.1, 0.15) is 19.3 Å². The Kier molecular flexibility index (Phi) is 59.1. The molecule has 4 unspecified atom stereocenters. The molecule has 0 radical (unpaired) electrons. The third-order valence-electron chi connectivity index (χ3n) is 16.1. The number of aliphatic hydroxyl groups excluding tert-OH is 1. The summed E-state index contributed by atoms with van der Waals surface area (Å²) in [5.41, 5.74) is 0. The van der Waals surface area contributed by atoms with E-state index >= 15 is 0 Å². The Morgan fingerprint density at radius 1 is 0.364 bits per heavy atom. The number of carbonyl (C=O) groups excluding carboxylic acids is 4. The molecule has 17 nitrogen and oxygen atoms in total. The van der Waals surface area contributed by atoms with Crippen molar-refractivity contribution < 1.29 is 80.2 Å². The van der Waals surface area contributed by atoms with Crippen LogP contribution in [0.25, 0.3) is 0 Å². The summed E-state index contributed by atoms with van der Waals surface area (Å²) in [6.07, 6.45) is 48.0. The van der Waals surface area contributed by atoms with Gasteiger partial charge in [0.05, 0.1) is 26.4 Å². The summed E-state index contributed by atoms with van der Waals surface area (Å²) in [6.45, 7) is 9.38. The van der Waals surface area contributed by atoms with Crippen molar-refractivity contribution >= 4 is 39.5 Å². The number of hydrogen-bond acceptors (Lipinski definition) is 15. The number of ether oxygens (including phenoxy) is 4. The second-order valence-electron chi connectivity index (χ2n) is 24.7. The first-order valence-electron chi connectivity index (χ1n) is 35.4. The average molecular weight is 1290 g/mol. The summed E-state index contributed by atoms with van der Waals surface area (Å²) in [5.74, 6) is -0.713. The Bertz CT molecular complexity index is 1810. The minimum Gasteiger partial charge on any atom is -0.462 e. The van der Waals surface area contributed by atoms with Crippen molar-refractivity contribution in [2.75, 3.05) is 39.6 Å². The Morgan fingerprint density at radius 2 is 0.636 bits per heavy atom. The first-order chi connectivity index (χ1) is 42.4. The second kappa shape index (κ2) is 60.8. The topological polar surface area (TPSA) is 237 Å². The first kappa shape index (κ1) is 85.5. The van der Waals surface area contributed by atoms with Gasteiger partial charge in [0.2, 0.25) is 0 Å². The van der Waals surface area contributed by atoms with Gasteiger partial charge in [-0.1, -0.05) is 271 Å². The highest BCUT2D eigenvalue weighted by molar-refractivity contribution is 7.47. The third-order valence-corrected chi connectivity index (χ3v) is 18.0. The van der Waals surface area contributed by atoms with Gasteiger partial charge >= 0.3 is 39.5 Å².